The molecule has 1 heterocycles. The second-order valence-electron chi connectivity index (χ2n) is 19.2. The summed E-state index contributed by atoms with van der Waals surface area (Å²) in [5.41, 5.74) is -1.46. The summed E-state index contributed by atoms with van der Waals surface area (Å²) in [6.07, 6.45) is 2.45. The van der Waals surface area contributed by atoms with E-state index >= 15 is 0 Å². The highest BCUT2D eigenvalue weighted by Crippen LogP contribution is 2.37. The summed E-state index contributed by atoms with van der Waals surface area (Å²) in [6.45, 7) is 24.9. The summed E-state index contributed by atoms with van der Waals surface area (Å²) < 4.78 is 13.0. The van der Waals surface area contributed by atoms with E-state index in [4.69, 9.17) is 9.47 Å². The number of carbonyl (C=O) groups is 6. The number of amides is 4. The molecule has 0 radical (unpaired) electrons. The second-order valence-corrected chi connectivity index (χ2v) is 19.2. The van der Waals surface area contributed by atoms with Crippen molar-refractivity contribution < 1.29 is 43.3 Å². The van der Waals surface area contributed by atoms with Gasteiger partial charge in [-0.3, -0.25) is 24.1 Å². The Bertz CT molecular complexity index is 1860. The lowest BCUT2D eigenvalue weighted by atomic mass is 9.76. The van der Waals surface area contributed by atoms with E-state index in [1.54, 1.807) is 54.7 Å². The van der Waals surface area contributed by atoms with Gasteiger partial charge in [0.05, 0.1) is 6.04 Å². The summed E-state index contributed by atoms with van der Waals surface area (Å²) in [4.78, 5) is 83.4. The molecule has 1 aromatic carbocycles. The number of nitrogens with one attached hydrogen (secondary N) is 2. The van der Waals surface area contributed by atoms with Crippen LogP contribution in [0.2, 0.25) is 0 Å². The Labute approximate surface area is 345 Å². The largest absolute Gasteiger partial charge is 0.480 e. The number of carboxylic acid groups (broad SMARTS) is 1. The molecule has 2 rings (SSSR count). The lowest BCUT2D eigenvalue weighted by Gasteiger charge is -2.42. The van der Waals surface area contributed by atoms with E-state index in [0.29, 0.717) is 0 Å². The number of nitrogens with zero attached hydrogens (tertiary/aromatic N) is 3. The maximum atomic E-state index is 14.8. The zero-order chi connectivity index (χ0) is 44.9. The van der Waals surface area contributed by atoms with Crippen molar-refractivity contribution in [1.82, 2.24) is 25.0 Å². The smallest absolute Gasteiger partial charge is 0.410 e. The van der Waals surface area contributed by atoms with Crippen LogP contribution in [0.5, 0.6) is 0 Å². The average Bonchev–Trinajstić information content (AvgIpc) is 3.41. The molecule has 0 bridgehead atoms. The molecule has 0 saturated heterocycles. The number of esters is 1. The normalized spacial score (nSPS) is 14.9. The van der Waals surface area contributed by atoms with Crippen LogP contribution in [-0.4, -0.2) is 105 Å². The molecule has 324 valence electrons. The molecule has 0 spiro atoms. The Morgan fingerprint density at radius 3 is 1.90 bits per heavy atom. The van der Waals surface area contributed by atoms with Crippen molar-refractivity contribution in [2.24, 2.45) is 18.4 Å². The van der Waals surface area contributed by atoms with Crippen molar-refractivity contribution in [2.75, 3.05) is 14.1 Å². The van der Waals surface area contributed by atoms with Gasteiger partial charge in [-0.05, 0) is 77.8 Å². The van der Waals surface area contributed by atoms with Crippen molar-refractivity contribution in [3.05, 3.63) is 47.7 Å². The van der Waals surface area contributed by atoms with Crippen LogP contribution in [0, 0.1) is 11.3 Å². The topological polar surface area (TPSA) is 177 Å². The summed E-state index contributed by atoms with van der Waals surface area (Å²) in [5, 5.41) is 16.2. The van der Waals surface area contributed by atoms with Crippen molar-refractivity contribution in [3.63, 3.8) is 0 Å². The number of benzene rings is 1. The highest BCUT2D eigenvalue weighted by molar-refractivity contribution is 5.96. The molecule has 3 N–H and O–H groups in total. The molecular weight excluding hydrogens is 743 g/mol. The van der Waals surface area contributed by atoms with Gasteiger partial charge in [0.15, 0.2) is 0 Å². The van der Waals surface area contributed by atoms with Gasteiger partial charge in [0, 0.05) is 55.7 Å². The van der Waals surface area contributed by atoms with Crippen LogP contribution in [0.1, 0.15) is 115 Å². The van der Waals surface area contributed by atoms with Gasteiger partial charge in [0.2, 0.25) is 17.7 Å². The van der Waals surface area contributed by atoms with Crippen LogP contribution < -0.4 is 10.6 Å². The van der Waals surface area contributed by atoms with Crippen molar-refractivity contribution in [1.29, 1.82) is 0 Å². The Kier molecular flexibility index (Phi) is 16.0. The van der Waals surface area contributed by atoms with Crippen molar-refractivity contribution in [3.8, 4) is 0 Å². The minimum atomic E-state index is -1.36. The molecule has 0 saturated carbocycles. The maximum Gasteiger partial charge on any atom is 0.410 e. The Morgan fingerprint density at radius 2 is 1.40 bits per heavy atom. The number of rotatable bonds is 15. The van der Waals surface area contributed by atoms with Crippen molar-refractivity contribution >= 4 is 46.7 Å². The van der Waals surface area contributed by atoms with Crippen LogP contribution in [0.25, 0.3) is 10.9 Å². The molecule has 0 fully saturated rings. The lowest BCUT2D eigenvalue weighted by molar-refractivity contribution is -0.155. The molecule has 0 aliphatic heterocycles. The molecule has 4 amide bonds. The van der Waals surface area contributed by atoms with Gasteiger partial charge in [0.1, 0.15) is 29.3 Å². The van der Waals surface area contributed by atoms with E-state index in [-0.39, 0.29) is 24.3 Å². The van der Waals surface area contributed by atoms with Gasteiger partial charge in [-0.15, -0.1) is 0 Å². The fraction of sp³-hybridized carbons (Fsp3) is 0.636. The van der Waals surface area contributed by atoms with Crippen LogP contribution >= 0.6 is 0 Å². The number of likely N-dealkylation sites (N-methyl/N-ethyl adjacent to an activating group) is 2. The molecule has 14 heteroatoms. The fourth-order valence-electron chi connectivity index (χ4n) is 6.92. The number of ether oxygens (including phenoxy) is 2. The SMILES string of the molecule is C/C(=C\[C@H](C(C)C)N(C)C(=O)[C@@H](NC(=O)[C@@H](N(C)C(=O)OC(C)(C)C)C(C)(C)c1cn(C)c2ccccc12)C(C)(C)C)C(=O)N[C@@H](CCC(=O)OC(C)(C)C)C(=O)O. The number of aryl methyl sites for hydroxylation is 1. The summed E-state index contributed by atoms with van der Waals surface area (Å²) in [5.74, 6) is -3.78. The number of aliphatic carboxylic acids is 1. The van der Waals surface area contributed by atoms with Crippen LogP contribution in [0.15, 0.2) is 42.1 Å². The predicted molar refractivity (Wildman–Crippen MR) is 225 cm³/mol. The first kappa shape index (κ1) is 49.3. The Morgan fingerprint density at radius 1 is 0.845 bits per heavy atom. The first-order chi connectivity index (χ1) is 26.3. The van der Waals surface area contributed by atoms with Crippen LogP contribution in [0.3, 0.4) is 0 Å². The standard InChI is InChI=1S/C44H69N5O9/c1-26(2)32(24-27(3)36(51)45-30(39(54)55)22-23-33(50)57-42(7,8)9)48(16)38(53)34(41(4,5)6)46-37(52)35(49(17)40(56)58-43(10,11)12)44(13,14)29-25-47(15)31-21-19-18-20-28(29)31/h18-21,24-26,30,32,34-35H,22-23H2,1-17H3,(H,45,51)(H,46,52)(H,54,55)/b27-24+/t30-,32+,34+,35+/m0/s1. The van der Waals surface area contributed by atoms with Gasteiger partial charge in [0.25, 0.3) is 0 Å². The molecule has 4 atom stereocenters. The first-order valence-corrected chi connectivity index (χ1v) is 19.8. The monoisotopic (exact) mass is 812 g/mol. The van der Waals surface area contributed by atoms with E-state index in [0.717, 1.165) is 16.5 Å². The van der Waals surface area contributed by atoms with Crippen LogP contribution in [0.4, 0.5) is 4.79 Å². The van der Waals surface area contributed by atoms with E-state index in [1.165, 1.54) is 23.8 Å². The third-order valence-electron chi connectivity index (χ3n) is 9.91. The number of para-hydroxylation sites is 1. The van der Waals surface area contributed by atoms with Crippen molar-refractivity contribution in [2.45, 2.75) is 151 Å². The van der Waals surface area contributed by atoms with Gasteiger partial charge in [-0.1, -0.05) is 72.7 Å². The molecular formula is C44H69N5O9. The number of hydrogen-bond donors (Lipinski definition) is 3. The zero-order valence-corrected chi connectivity index (χ0v) is 37.8. The fourth-order valence-corrected chi connectivity index (χ4v) is 6.92. The molecule has 0 unspecified atom stereocenters. The summed E-state index contributed by atoms with van der Waals surface area (Å²) in [7, 11) is 5.02. The predicted octanol–water partition coefficient (Wildman–Crippen LogP) is 6.34. The summed E-state index contributed by atoms with van der Waals surface area (Å²) in [6, 6.07) is 3.56. The van der Waals surface area contributed by atoms with Gasteiger partial charge in [-0.2, -0.15) is 0 Å². The average molecular weight is 812 g/mol. The van der Waals surface area contributed by atoms with Gasteiger partial charge in [-0.25, -0.2) is 9.59 Å². The number of aromatic nitrogens is 1. The highest BCUT2D eigenvalue weighted by Gasteiger charge is 2.47. The molecule has 0 aliphatic carbocycles. The molecule has 14 nitrogen and oxygen atoms in total. The van der Waals surface area contributed by atoms with E-state index < -0.39 is 82.0 Å². The maximum absolute atomic E-state index is 14.8. The number of fused-ring (bicyclic) bond motifs is 1. The third kappa shape index (κ3) is 13.1. The highest BCUT2D eigenvalue weighted by atomic mass is 16.6. The molecule has 2 aromatic rings. The molecule has 58 heavy (non-hydrogen) atoms. The second kappa shape index (κ2) is 18.8. The Hall–Kier alpha value is -4.88. The van der Waals surface area contributed by atoms with E-state index in [9.17, 15) is 33.9 Å². The van der Waals surface area contributed by atoms with Gasteiger partial charge >= 0.3 is 18.0 Å². The third-order valence-corrected chi connectivity index (χ3v) is 9.91. The minimum Gasteiger partial charge on any atom is -0.480 e. The number of hydrogen-bond acceptors (Lipinski definition) is 8. The number of carboxylic acids is 1. The van der Waals surface area contributed by atoms with Crippen LogP contribution in [-0.2, 0) is 45.9 Å². The molecule has 1 aromatic heterocycles. The summed E-state index contributed by atoms with van der Waals surface area (Å²) >= 11 is 0. The van der Waals surface area contributed by atoms with E-state index in [2.05, 4.69) is 10.6 Å². The quantitative estimate of drug-likeness (QED) is 0.137. The van der Waals surface area contributed by atoms with E-state index in [1.807, 2.05) is 90.5 Å². The Balaban J connectivity index is 2.51. The molecule has 0 aliphatic rings. The zero-order valence-electron chi connectivity index (χ0n) is 37.8. The minimum absolute atomic E-state index is 0.161. The number of carbonyl (C=O) groups excluding carboxylic acids is 5. The van der Waals surface area contributed by atoms with Gasteiger partial charge < -0.3 is 34.7 Å². The lowest BCUT2D eigenvalue weighted by Crippen LogP contribution is -2.63. The first-order valence-electron chi connectivity index (χ1n) is 19.8.